The third-order valence-electron chi connectivity index (χ3n) is 10.1. The van der Waals surface area contributed by atoms with Gasteiger partial charge in [-0.15, -0.1) is 0 Å². The number of hydrogen-bond acceptors (Lipinski definition) is 6. The lowest BCUT2D eigenvalue weighted by molar-refractivity contribution is 0.107. The fourth-order valence-corrected chi connectivity index (χ4v) is 8.11. The van der Waals surface area contributed by atoms with E-state index in [0.717, 1.165) is 83.9 Å². The fourth-order valence-electron chi connectivity index (χ4n) is 8.11. The number of alkyl halides is 1. The molecule has 3 aromatic carbocycles. The van der Waals surface area contributed by atoms with Gasteiger partial charge in [0.15, 0.2) is 0 Å². The van der Waals surface area contributed by atoms with Gasteiger partial charge < -0.3 is 15.0 Å². The topological polar surface area (TPSA) is 53.5 Å². The van der Waals surface area contributed by atoms with Crippen LogP contribution in [0.4, 0.5) is 14.6 Å². The van der Waals surface area contributed by atoms with Crippen molar-refractivity contribution >= 4 is 33.6 Å². The van der Waals surface area contributed by atoms with E-state index in [4.69, 9.17) is 14.7 Å². The van der Waals surface area contributed by atoms with E-state index in [2.05, 4.69) is 39.9 Å². The largest absolute Gasteiger partial charge is 0.461 e. The molecule has 4 aromatic rings. The average Bonchev–Trinajstić information content (AvgIpc) is 3.61. The summed E-state index contributed by atoms with van der Waals surface area (Å²) in [5, 5.41) is 6.33. The molecule has 0 spiro atoms. The molecular weight excluding hydrogens is 532 g/mol. The fraction of sp³-hybridized carbons (Fsp3) is 0.412. The van der Waals surface area contributed by atoms with Crippen molar-refractivity contribution < 1.29 is 14.9 Å². The van der Waals surface area contributed by atoms with Crippen molar-refractivity contribution in [1.29, 1.82) is 0 Å². The standard InChI is InChI=1S/C34H35F2N5O.H2/c1-2-26-29(36)12-8-21-5-3-6-27(31(21)26)22-7-11-28-30(15-22)38-33(39-32(28)41-24-9-10-25(41)18-37-17-24)42-20-34-13-4-14-40(34)19-23(35)16-34;/h2-3,5-8,11-12,15,23-25,37H,1,4,9-10,13-14,16-20H2;1H/t23-,24?,25?,34+;/m1./s1. The predicted octanol–water partition coefficient (Wildman–Crippen LogP) is 6.37. The number of rotatable bonds is 6. The van der Waals surface area contributed by atoms with Crippen LogP contribution >= 0.6 is 0 Å². The first-order valence-corrected chi connectivity index (χ1v) is 15.2. The smallest absolute Gasteiger partial charge is 0.319 e. The van der Waals surface area contributed by atoms with Crippen LogP contribution in [0, 0.1) is 5.82 Å². The van der Waals surface area contributed by atoms with Crippen molar-refractivity contribution in [3.05, 3.63) is 66.5 Å². The van der Waals surface area contributed by atoms with Gasteiger partial charge in [-0.3, -0.25) is 4.90 Å². The number of piperazine rings is 1. The number of anilines is 1. The number of nitrogens with one attached hydrogen (secondary N) is 1. The molecule has 4 atom stereocenters. The molecular formula is C34H37F2N5O. The van der Waals surface area contributed by atoms with E-state index in [1.807, 2.05) is 24.3 Å². The third-order valence-corrected chi connectivity index (χ3v) is 10.1. The Morgan fingerprint density at radius 3 is 2.81 bits per heavy atom. The molecule has 0 radical (unpaired) electrons. The molecule has 0 amide bonds. The summed E-state index contributed by atoms with van der Waals surface area (Å²) in [4.78, 5) is 14.7. The van der Waals surface area contributed by atoms with E-state index in [-0.39, 0.29) is 12.8 Å². The molecule has 42 heavy (non-hydrogen) atoms. The summed E-state index contributed by atoms with van der Waals surface area (Å²) < 4.78 is 35.7. The maximum absolute atomic E-state index is 14.8. The zero-order valence-electron chi connectivity index (χ0n) is 23.7. The summed E-state index contributed by atoms with van der Waals surface area (Å²) in [6.45, 7) is 7.53. The first-order valence-electron chi connectivity index (χ1n) is 15.2. The maximum Gasteiger partial charge on any atom is 0.319 e. The molecule has 0 aliphatic carbocycles. The summed E-state index contributed by atoms with van der Waals surface area (Å²) >= 11 is 0. The first-order chi connectivity index (χ1) is 20.5. The van der Waals surface area contributed by atoms with Gasteiger partial charge in [0.25, 0.3) is 0 Å². The van der Waals surface area contributed by atoms with Crippen molar-refractivity contribution in [3.63, 3.8) is 0 Å². The Labute approximate surface area is 245 Å². The van der Waals surface area contributed by atoms with Crippen LogP contribution in [-0.4, -0.2) is 71.4 Å². The first kappa shape index (κ1) is 26.0. The summed E-state index contributed by atoms with van der Waals surface area (Å²) in [5.74, 6) is 0.616. The van der Waals surface area contributed by atoms with Crippen molar-refractivity contribution in [3.8, 4) is 17.1 Å². The number of nitrogens with zero attached hydrogens (tertiary/aromatic N) is 4. The third kappa shape index (κ3) is 4.10. The zero-order valence-corrected chi connectivity index (χ0v) is 23.7. The number of hydrogen-bond donors (Lipinski definition) is 1. The minimum Gasteiger partial charge on any atom is -0.461 e. The number of ether oxygens (including phenoxy) is 1. The Kier molecular flexibility index (Phi) is 6.19. The summed E-state index contributed by atoms with van der Waals surface area (Å²) in [6.07, 6.45) is 5.52. The molecule has 218 valence electrons. The van der Waals surface area contributed by atoms with Crippen LogP contribution in [0.3, 0.4) is 0 Å². The molecule has 6 nitrogen and oxygen atoms in total. The molecule has 4 aliphatic heterocycles. The Morgan fingerprint density at radius 2 is 1.98 bits per heavy atom. The number of halogens is 2. The lowest BCUT2D eigenvalue weighted by atomic mass is 9.93. The van der Waals surface area contributed by atoms with Crippen LogP contribution in [-0.2, 0) is 0 Å². The Balaban J connectivity index is 0.00000300. The molecule has 4 fully saturated rings. The molecule has 8 rings (SSSR count). The van der Waals surface area contributed by atoms with Crippen molar-refractivity contribution in [2.45, 2.75) is 55.9 Å². The molecule has 0 saturated carbocycles. The van der Waals surface area contributed by atoms with Crippen LogP contribution in [0.25, 0.3) is 38.9 Å². The second-order valence-corrected chi connectivity index (χ2v) is 12.4. The predicted molar refractivity (Wildman–Crippen MR) is 165 cm³/mol. The van der Waals surface area contributed by atoms with Gasteiger partial charge in [0.1, 0.15) is 24.4 Å². The van der Waals surface area contributed by atoms with Crippen molar-refractivity contribution in [1.82, 2.24) is 20.2 Å². The second-order valence-electron chi connectivity index (χ2n) is 12.4. The molecule has 4 saturated heterocycles. The van der Waals surface area contributed by atoms with Crippen LogP contribution in [0.5, 0.6) is 6.01 Å². The molecule has 2 bridgehead atoms. The molecule has 1 N–H and O–H groups in total. The second kappa shape index (κ2) is 9.99. The van der Waals surface area contributed by atoms with Crippen molar-refractivity contribution in [2.24, 2.45) is 0 Å². The average molecular weight is 570 g/mol. The SMILES string of the molecule is C=Cc1c(F)ccc2cccc(-c3ccc4c(N5C6CCC5CNC6)nc(OC[C@@]56CCCN5C[C@H](F)C6)nc4c3)c12.[HH]. The van der Waals surface area contributed by atoms with Crippen LogP contribution in [0.15, 0.2) is 55.1 Å². The molecule has 2 unspecified atom stereocenters. The Hall–Kier alpha value is -3.62. The quantitative estimate of drug-likeness (QED) is 0.291. The molecule has 1 aromatic heterocycles. The van der Waals surface area contributed by atoms with Crippen molar-refractivity contribution in [2.75, 3.05) is 37.7 Å². The lowest BCUT2D eigenvalue weighted by Crippen LogP contribution is -2.52. The maximum atomic E-state index is 14.8. The highest BCUT2D eigenvalue weighted by molar-refractivity contribution is 6.04. The molecule has 4 aliphatic rings. The van der Waals surface area contributed by atoms with E-state index in [0.29, 0.717) is 43.2 Å². The highest BCUT2D eigenvalue weighted by Crippen LogP contribution is 2.42. The van der Waals surface area contributed by atoms with E-state index in [1.54, 1.807) is 6.08 Å². The highest BCUT2D eigenvalue weighted by atomic mass is 19.1. The van der Waals surface area contributed by atoms with E-state index < -0.39 is 6.17 Å². The van der Waals surface area contributed by atoms with Gasteiger partial charge in [0, 0.05) is 50.5 Å². The summed E-state index contributed by atoms with van der Waals surface area (Å²) in [6, 6.07) is 16.7. The van der Waals surface area contributed by atoms with E-state index in [9.17, 15) is 8.78 Å². The van der Waals surface area contributed by atoms with Crippen LogP contribution in [0.2, 0.25) is 0 Å². The number of aromatic nitrogens is 2. The van der Waals surface area contributed by atoms with Gasteiger partial charge >= 0.3 is 6.01 Å². The number of fused-ring (bicyclic) bond motifs is 5. The number of benzene rings is 3. The van der Waals surface area contributed by atoms with Gasteiger partial charge in [0.2, 0.25) is 0 Å². The van der Waals surface area contributed by atoms with Gasteiger partial charge in [-0.05, 0) is 72.3 Å². The molecule has 8 heteroatoms. The zero-order chi connectivity index (χ0) is 28.4. The minimum atomic E-state index is -0.813. The van der Waals surface area contributed by atoms with Crippen LogP contribution < -0.4 is 15.0 Å². The van der Waals surface area contributed by atoms with E-state index in [1.165, 1.54) is 6.07 Å². The Morgan fingerprint density at radius 1 is 1.12 bits per heavy atom. The van der Waals surface area contributed by atoms with Gasteiger partial charge in [-0.1, -0.05) is 43.0 Å². The van der Waals surface area contributed by atoms with Gasteiger partial charge in [0.05, 0.1) is 11.1 Å². The summed E-state index contributed by atoms with van der Waals surface area (Å²) in [7, 11) is 0. The lowest BCUT2D eigenvalue weighted by Gasteiger charge is -2.37. The van der Waals surface area contributed by atoms with Crippen LogP contribution in [0.1, 0.15) is 39.1 Å². The van der Waals surface area contributed by atoms with Gasteiger partial charge in [-0.2, -0.15) is 9.97 Å². The summed E-state index contributed by atoms with van der Waals surface area (Å²) in [5.41, 5.74) is 2.87. The van der Waals surface area contributed by atoms with Gasteiger partial charge in [-0.25, -0.2) is 8.78 Å². The monoisotopic (exact) mass is 569 g/mol. The minimum absolute atomic E-state index is 0. The normalized spacial score (nSPS) is 27.2. The highest BCUT2D eigenvalue weighted by Gasteiger charge is 2.49. The Bertz CT molecular complexity index is 1700. The molecule has 5 heterocycles. The van der Waals surface area contributed by atoms with E-state index >= 15 is 0 Å².